The van der Waals surface area contributed by atoms with Crippen LogP contribution in [-0.4, -0.2) is 28.0 Å². The third-order valence-electron chi connectivity index (χ3n) is 4.76. The highest BCUT2D eigenvalue weighted by Gasteiger charge is 2.53. The van der Waals surface area contributed by atoms with Gasteiger partial charge in [0.2, 0.25) is 5.91 Å². The average Bonchev–Trinajstić information content (AvgIpc) is 2.39. The quantitative estimate of drug-likeness (QED) is 0.872. The first kappa shape index (κ1) is 16.7. The van der Waals surface area contributed by atoms with E-state index < -0.39 is 5.97 Å². The van der Waals surface area contributed by atoms with Crippen molar-refractivity contribution in [2.24, 2.45) is 17.3 Å². The van der Waals surface area contributed by atoms with E-state index in [1.807, 2.05) is 20.8 Å². The number of carbonyl (C=O) groups is 2. The molecule has 0 radical (unpaired) electrons. The second kappa shape index (κ2) is 6.24. The lowest BCUT2D eigenvalue weighted by atomic mass is 9.52. The van der Waals surface area contributed by atoms with Crippen molar-refractivity contribution >= 4 is 23.5 Å². The average molecular weight is 325 g/mol. The summed E-state index contributed by atoms with van der Waals surface area (Å²) in [5.41, 5.74) is 0.349. The first-order valence-electron chi connectivity index (χ1n) is 7.34. The molecule has 1 aromatic rings. The van der Waals surface area contributed by atoms with Gasteiger partial charge in [0.25, 0.3) is 0 Å². The zero-order valence-corrected chi connectivity index (χ0v) is 13.7. The highest BCUT2D eigenvalue weighted by atomic mass is 35.5. The topological polar surface area (TPSA) is 79.3 Å². The molecule has 0 aromatic carbocycles. The summed E-state index contributed by atoms with van der Waals surface area (Å²) in [6.45, 7) is 5.82. The lowest BCUT2D eigenvalue weighted by Gasteiger charge is -2.52. The fourth-order valence-corrected chi connectivity index (χ4v) is 3.42. The standard InChI is InChI=1S/C16H21ClN2O3/c1-9(12-7-13(15(21)22)16(12,2)3)19-14(20)6-11-5-4-10(17)8-18-11/h4-5,8-9,12-13H,6-7H2,1-3H3,(H,19,20)(H,21,22)/t9?,12-,13+/m0/s1. The zero-order chi connectivity index (χ0) is 16.5. The van der Waals surface area contributed by atoms with E-state index in [0.29, 0.717) is 17.1 Å². The maximum atomic E-state index is 12.1. The van der Waals surface area contributed by atoms with Crippen LogP contribution in [0.15, 0.2) is 18.3 Å². The van der Waals surface area contributed by atoms with Crippen LogP contribution in [-0.2, 0) is 16.0 Å². The molecule has 1 amide bonds. The van der Waals surface area contributed by atoms with Crippen molar-refractivity contribution in [3.05, 3.63) is 29.0 Å². The third-order valence-corrected chi connectivity index (χ3v) is 4.99. The molecule has 2 N–H and O–H groups in total. The van der Waals surface area contributed by atoms with Crippen molar-refractivity contribution in [1.29, 1.82) is 0 Å². The third kappa shape index (κ3) is 3.40. The molecule has 0 aliphatic heterocycles. The molecule has 1 aliphatic rings. The Hall–Kier alpha value is -1.62. The molecule has 3 atom stereocenters. The Morgan fingerprint density at radius 2 is 2.18 bits per heavy atom. The number of nitrogens with one attached hydrogen (secondary N) is 1. The van der Waals surface area contributed by atoms with E-state index in [2.05, 4.69) is 10.3 Å². The number of aliphatic carboxylic acids is 1. The maximum Gasteiger partial charge on any atom is 0.307 e. The highest BCUT2D eigenvalue weighted by Crippen LogP contribution is 2.52. The van der Waals surface area contributed by atoms with Gasteiger partial charge >= 0.3 is 5.97 Å². The van der Waals surface area contributed by atoms with Crippen LogP contribution in [0, 0.1) is 17.3 Å². The Labute approximate surface area is 135 Å². The predicted molar refractivity (Wildman–Crippen MR) is 83.6 cm³/mol. The van der Waals surface area contributed by atoms with Gasteiger partial charge in [-0.05, 0) is 36.8 Å². The Balaban J connectivity index is 1.90. The van der Waals surface area contributed by atoms with Gasteiger partial charge in [-0.2, -0.15) is 0 Å². The molecular formula is C16H21ClN2O3. The summed E-state index contributed by atoms with van der Waals surface area (Å²) in [4.78, 5) is 27.3. The molecule has 1 aromatic heterocycles. The number of hydrogen-bond donors (Lipinski definition) is 2. The summed E-state index contributed by atoms with van der Waals surface area (Å²) < 4.78 is 0. The molecule has 22 heavy (non-hydrogen) atoms. The molecular weight excluding hydrogens is 304 g/mol. The summed E-state index contributed by atoms with van der Waals surface area (Å²) in [7, 11) is 0. The fourth-order valence-electron chi connectivity index (χ4n) is 3.31. The van der Waals surface area contributed by atoms with Gasteiger partial charge in [0, 0.05) is 17.9 Å². The van der Waals surface area contributed by atoms with Crippen LogP contribution in [0.1, 0.15) is 32.9 Å². The number of carboxylic acid groups (broad SMARTS) is 1. The smallest absolute Gasteiger partial charge is 0.307 e. The fraction of sp³-hybridized carbons (Fsp3) is 0.562. The second-order valence-corrected chi connectivity index (χ2v) is 6.99. The number of amides is 1. The molecule has 120 valence electrons. The van der Waals surface area contributed by atoms with Gasteiger partial charge in [-0.25, -0.2) is 0 Å². The number of hydrogen-bond acceptors (Lipinski definition) is 3. The zero-order valence-electron chi connectivity index (χ0n) is 13.0. The summed E-state index contributed by atoms with van der Waals surface area (Å²) in [6, 6.07) is 3.36. The van der Waals surface area contributed by atoms with E-state index in [-0.39, 0.29) is 35.6 Å². The van der Waals surface area contributed by atoms with Gasteiger partial charge in [-0.1, -0.05) is 25.4 Å². The summed E-state index contributed by atoms with van der Waals surface area (Å²) >= 11 is 5.76. The Morgan fingerprint density at radius 3 is 2.68 bits per heavy atom. The molecule has 5 nitrogen and oxygen atoms in total. The number of carboxylic acids is 1. The molecule has 1 fully saturated rings. The van der Waals surface area contributed by atoms with E-state index in [1.54, 1.807) is 12.1 Å². The normalized spacial score (nSPS) is 24.2. The number of nitrogens with zero attached hydrogens (tertiary/aromatic N) is 1. The first-order chi connectivity index (χ1) is 10.2. The van der Waals surface area contributed by atoms with Crippen molar-refractivity contribution in [2.75, 3.05) is 0 Å². The van der Waals surface area contributed by atoms with Gasteiger partial charge < -0.3 is 10.4 Å². The largest absolute Gasteiger partial charge is 0.481 e. The number of pyridine rings is 1. The molecule has 1 unspecified atom stereocenters. The molecule has 0 bridgehead atoms. The van der Waals surface area contributed by atoms with Gasteiger partial charge in [0.1, 0.15) is 0 Å². The molecule has 1 aliphatic carbocycles. The van der Waals surface area contributed by atoms with Gasteiger partial charge in [-0.15, -0.1) is 0 Å². The molecule has 1 heterocycles. The molecule has 0 saturated heterocycles. The molecule has 1 saturated carbocycles. The monoisotopic (exact) mass is 324 g/mol. The number of halogens is 1. The first-order valence-corrected chi connectivity index (χ1v) is 7.72. The minimum atomic E-state index is -0.759. The Morgan fingerprint density at radius 1 is 1.50 bits per heavy atom. The summed E-state index contributed by atoms with van der Waals surface area (Å²) in [5.74, 6) is -1.05. The van der Waals surface area contributed by atoms with Crippen LogP contribution in [0.25, 0.3) is 0 Å². The number of carbonyl (C=O) groups excluding carboxylic acids is 1. The van der Waals surface area contributed by atoms with Crippen LogP contribution in [0.5, 0.6) is 0 Å². The van der Waals surface area contributed by atoms with E-state index >= 15 is 0 Å². The molecule has 0 spiro atoms. The van der Waals surface area contributed by atoms with E-state index in [0.717, 1.165) is 0 Å². The van der Waals surface area contributed by atoms with Gasteiger partial charge in [0.15, 0.2) is 0 Å². The van der Waals surface area contributed by atoms with Crippen LogP contribution in [0.3, 0.4) is 0 Å². The van der Waals surface area contributed by atoms with Crippen molar-refractivity contribution in [2.45, 2.75) is 39.7 Å². The SMILES string of the molecule is CC(NC(=O)Cc1ccc(Cl)cn1)[C@@H]1C[C@H](C(=O)O)C1(C)C. The van der Waals surface area contributed by atoms with Crippen LogP contribution in [0.2, 0.25) is 5.02 Å². The maximum absolute atomic E-state index is 12.1. The minimum Gasteiger partial charge on any atom is -0.481 e. The van der Waals surface area contributed by atoms with Gasteiger partial charge in [-0.3, -0.25) is 14.6 Å². The lowest BCUT2D eigenvalue weighted by molar-refractivity contribution is -0.160. The Bertz CT molecular complexity index is 571. The van der Waals surface area contributed by atoms with Crippen molar-refractivity contribution in [3.8, 4) is 0 Å². The minimum absolute atomic E-state index is 0.0644. The highest BCUT2D eigenvalue weighted by molar-refractivity contribution is 6.30. The van der Waals surface area contributed by atoms with Crippen LogP contribution >= 0.6 is 11.6 Å². The molecule has 6 heteroatoms. The van der Waals surface area contributed by atoms with Crippen molar-refractivity contribution in [3.63, 3.8) is 0 Å². The van der Waals surface area contributed by atoms with E-state index in [4.69, 9.17) is 16.7 Å². The van der Waals surface area contributed by atoms with Crippen LogP contribution < -0.4 is 5.32 Å². The summed E-state index contributed by atoms with van der Waals surface area (Å²) in [6.07, 6.45) is 2.31. The molecule has 2 rings (SSSR count). The lowest BCUT2D eigenvalue weighted by Crippen LogP contribution is -2.57. The van der Waals surface area contributed by atoms with E-state index in [1.165, 1.54) is 6.20 Å². The Kier molecular flexibility index (Phi) is 4.75. The van der Waals surface area contributed by atoms with Crippen LogP contribution in [0.4, 0.5) is 0 Å². The summed E-state index contributed by atoms with van der Waals surface area (Å²) in [5, 5.41) is 12.7. The van der Waals surface area contributed by atoms with Crippen molar-refractivity contribution in [1.82, 2.24) is 10.3 Å². The van der Waals surface area contributed by atoms with Crippen molar-refractivity contribution < 1.29 is 14.7 Å². The van der Waals surface area contributed by atoms with Gasteiger partial charge in [0.05, 0.1) is 17.4 Å². The number of rotatable bonds is 5. The number of aromatic nitrogens is 1. The second-order valence-electron chi connectivity index (χ2n) is 6.56. The van der Waals surface area contributed by atoms with E-state index in [9.17, 15) is 9.59 Å². The predicted octanol–water partition coefficient (Wildman–Crippen LogP) is 2.53.